The first-order chi connectivity index (χ1) is 66.8. The van der Waals surface area contributed by atoms with Gasteiger partial charge in [0.1, 0.15) is 78.6 Å². The Labute approximate surface area is 827 Å². The average molecular weight is 1960 g/mol. The van der Waals surface area contributed by atoms with Gasteiger partial charge in [-0.3, -0.25) is 71.9 Å². The minimum Gasteiger partial charge on any atom is -0.406 e. The van der Waals surface area contributed by atoms with Crippen LogP contribution in [-0.4, -0.2) is 223 Å². The lowest BCUT2D eigenvalue weighted by Crippen LogP contribution is -2.67. The summed E-state index contributed by atoms with van der Waals surface area (Å²) < 4.78 is 13.6. The number of ether oxygens (including phenoxy) is 1. The van der Waals surface area contributed by atoms with Crippen LogP contribution >= 0.6 is 0 Å². The predicted molar refractivity (Wildman–Crippen MR) is 544 cm³/mol. The van der Waals surface area contributed by atoms with Crippen LogP contribution in [0.3, 0.4) is 0 Å². The van der Waals surface area contributed by atoms with Crippen molar-refractivity contribution in [3.8, 4) is 0 Å². The van der Waals surface area contributed by atoms with E-state index in [1.165, 1.54) is 13.8 Å². The fraction of sp³-hybridized carbons (Fsp3) is 0.514. The van der Waals surface area contributed by atoms with E-state index in [9.17, 15) is 52.7 Å². The van der Waals surface area contributed by atoms with E-state index in [1.54, 1.807) is 74.7 Å². The minimum atomic E-state index is -3.01. The highest BCUT2D eigenvalue weighted by Gasteiger charge is 2.51. The first-order valence-electron chi connectivity index (χ1n) is 49.2. The number of nitrogens with one attached hydrogen (secondary N) is 18. The van der Waals surface area contributed by atoms with Crippen molar-refractivity contribution >= 4 is 141 Å². The monoisotopic (exact) mass is 1960 g/mol. The topological polar surface area (TPSA) is 502 Å². The van der Waals surface area contributed by atoms with Crippen LogP contribution in [0.4, 0.5) is 0 Å². The Morgan fingerprint density at radius 1 is 0.376 bits per heavy atom. The molecule has 1 aliphatic rings. The molecular formula is C105H148N18O17Si. The molecule has 36 heteroatoms. The van der Waals surface area contributed by atoms with Crippen LogP contribution in [0, 0.1) is 41.4 Å². The van der Waals surface area contributed by atoms with Crippen LogP contribution in [0.15, 0.2) is 152 Å². The summed E-state index contributed by atoms with van der Waals surface area (Å²) in [6.45, 7) is 35.4. The first-order valence-corrected chi connectivity index (χ1v) is 51.1. The maximum absolute atomic E-state index is 15.4. The number of carbonyl (C=O) groups excluding carboxylic acids is 15. The molecule has 1 fully saturated rings. The number of aromatic nitrogens is 3. The SMILES string of the molecule is CC(C)C[C@@H](NC(=O)[C@H](C)NC(=O)CNC(=O)[C@@H](NC=O)C(C)C)C(=O)N[C@@H](C)C(=O)N[C@@H](C(=O)N[C@H](C(=O)N[C@@H](C(=O)N[C@@H](Cc1c[nH]c2ccccc12)C(=O)N[C@H](C)[C@H]1CC[C@@H](C(=O)N[C@H](CC(C)C)C(=O)N[C@@H](Cc2c[nH]c3ccccc23)C(=O)N[C@H](CC(C)C)C(=O)N[C@@H](Cc2c[nH]c3ccccc23)C(=O)NCCO[Si](c2ccccc2)(c2ccccc2)C(C)(C)C)O1)C(C)C)C(C)C)C(C)C. The molecule has 9 rings (SSSR count). The van der Waals surface area contributed by atoms with Crippen LogP contribution < -0.4 is 90.1 Å². The van der Waals surface area contributed by atoms with Crippen LogP contribution in [0.1, 0.15) is 187 Å². The highest BCUT2D eigenvalue weighted by molar-refractivity contribution is 6.99. The molecule has 3 aromatic heterocycles. The quantitative estimate of drug-likeness (QED) is 0.0113. The summed E-state index contributed by atoms with van der Waals surface area (Å²) in [5, 5.41) is 46.0. The van der Waals surface area contributed by atoms with Crippen molar-refractivity contribution in [2.45, 2.75) is 286 Å². The smallest absolute Gasteiger partial charge is 0.261 e. The van der Waals surface area contributed by atoms with E-state index in [1.807, 2.05) is 157 Å². The average Bonchev–Trinajstić information content (AvgIpc) is 1.20. The molecule has 5 aromatic carbocycles. The minimum absolute atomic E-state index is 0.0442. The summed E-state index contributed by atoms with van der Waals surface area (Å²) in [6, 6.07) is 27.5. The Balaban J connectivity index is 0.847. The van der Waals surface area contributed by atoms with E-state index >= 15 is 19.2 Å². The van der Waals surface area contributed by atoms with Crippen molar-refractivity contribution in [3.05, 3.63) is 169 Å². The Morgan fingerprint density at radius 2 is 0.723 bits per heavy atom. The van der Waals surface area contributed by atoms with Crippen LogP contribution in [-0.2, 0) is 100 Å². The van der Waals surface area contributed by atoms with E-state index in [0.717, 1.165) is 48.6 Å². The van der Waals surface area contributed by atoms with Gasteiger partial charge in [0.25, 0.3) is 8.32 Å². The molecule has 0 bridgehead atoms. The number of fused-ring (bicyclic) bond motifs is 3. The lowest BCUT2D eigenvalue weighted by atomic mass is 9.97. The van der Waals surface area contributed by atoms with E-state index in [-0.39, 0.29) is 93.2 Å². The molecular weight excluding hydrogens is 1810 g/mol. The third-order valence-corrected chi connectivity index (χ3v) is 30.6. The van der Waals surface area contributed by atoms with Crippen molar-refractivity contribution in [3.63, 3.8) is 0 Å². The molecule has 141 heavy (non-hydrogen) atoms. The highest BCUT2D eigenvalue weighted by Crippen LogP contribution is 2.37. The number of para-hydroxylation sites is 3. The molecule has 8 aromatic rings. The Bertz CT molecular complexity index is 5570. The molecule has 4 heterocycles. The van der Waals surface area contributed by atoms with Crippen molar-refractivity contribution in [1.29, 1.82) is 0 Å². The van der Waals surface area contributed by atoms with E-state index in [0.29, 0.717) is 17.5 Å². The van der Waals surface area contributed by atoms with Gasteiger partial charge in [-0.25, -0.2) is 0 Å². The fourth-order valence-corrected chi connectivity index (χ4v) is 22.4. The Hall–Kier alpha value is -13.1. The number of hydrogen-bond donors (Lipinski definition) is 18. The number of benzene rings is 5. The van der Waals surface area contributed by atoms with Crippen LogP contribution in [0.5, 0.6) is 0 Å². The van der Waals surface area contributed by atoms with Gasteiger partial charge < -0.3 is 104 Å². The zero-order valence-corrected chi connectivity index (χ0v) is 85.9. The molecule has 764 valence electrons. The van der Waals surface area contributed by atoms with Crippen molar-refractivity contribution in [1.82, 2.24) is 94.7 Å². The lowest BCUT2D eigenvalue weighted by Gasteiger charge is -2.43. The third-order valence-electron chi connectivity index (χ3n) is 25.5. The van der Waals surface area contributed by atoms with Gasteiger partial charge in [-0.1, -0.05) is 233 Å². The molecule has 0 unspecified atom stereocenters. The third kappa shape index (κ3) is 31.0. The molecule has 0 aliphatic carbocycles. The second kappa shape index (κ2) is 51.9. The first kappa shape index (κ1) is 112. The number of rotatable bonds is 52. The van der Waals surface area contributed by atoms with Crippen molar-refractivity contribution in [2.24, 2.45) is 41.4 Å². The molecule has 0 radical (unpaired) electrons. The summed E-state index contributed by atoms with van der Waals surface area (Å²) in [5.74, 6) is -12.2. The van der Waals surface area contributed by atoms with Crippen molar-refractivity contribution < 1.29 is 81.1 Å². The maximum Gasteiger partial charge on any atom is 0.261 e. The lowest BCUT2D eigenvalue weighted by molar-refractivity contribution is -0.138. The van der Waals surface area contributed by atoms with Crippen LogP contribution in [0.2, 0.25) is 5.04 Å². The number of hydrogen-bond acceptors (Lipinski definition) is 17. The van der Waals surface area contributed by atoms with Gasteiger partial charge in [-0.15, -0.1) is 0 Å². The van der Waals surface area contributed by atoms with Gasteiger partial charge >= 0.3 is 0 Å². The second-order valence-electron chi connectivity index (χ2n) is 40.7. The fourth-order valence-electron chi connectivity index (χ4n) is 17.9. The summed E-state index contributed by atoms with van der Waals surface area (Å²) in [7, 11) is -3.01. The zero-order chi connectivity index (χ0) is 103. The van der Waals surface area contributed by atoms with E-state index < -0.39 is 206 Å². The highest BCUT2D eigenvalue weighted by atomic mass is 28.4. The molecule has 18 N–H and O–H groups in total. The molecule has 1 saturated heterocycles. The normalized spacial score (nSPS) is 16.2. The van der Waals surface area contributed by atoms with Gasteiger partial charge in [0, 0.05) is 77.1 Å². The van der Waals surface area contributed by atoms with Gasteiger partial charge in [-0.2, -0.15) is 0 Å². The van der Waals surface area contributed by atoms with Gasteiger partial charge in [0.05, 0.1) is 25.3 Å². The molecule has 0 saturated carbocycles. The summed E-state index contributed by atoms with van der Waals surface area (Å²) in [4.78, 5) is 222. The second-order valence-corrected chi connectivity index (χ2v) is 45.0. The number of H-pyrrole nitrogens is 3. The van der Waals surface area contributed by atoms with E-state index in [2.05, 4.69) is 140 Å². The summed E-state index contributed by atoms with van der Waals surface area (Å²) in [5.41, 5.74) is 4.49. The maximum atomic E-state index is 15.4. The van der Waals surface area contributed by atoms with Crippen molar-refractivity contribution in [2.75, 3.05) is 19.7 Å². The van der Waals surface area contributed by atoms with Gasteiger partial charge in [0.15, 0.2) is 0 Å². The molecule has 35 nitrogen and oxygen atoms in total. The van der Waals surface area contributed by atoms with E-state index in [4.69, 9.17) is 9.16 Å². The largest absolute Gasteiger partial charge is 0.406 e. The zero-order valence-electron chi connectivity index (χ0n) is 84.9. The molecule has 15 atom stereocenters. The van der Waals surface area contributed by atoms with Crippen LogP contribution in [0.25, 0.3) is 32.7 Å². The Kier molecular flexibility index (Phi) is 41.0. The molecule has 15 amide bonds. The predicted octanol–water partition coefficient (Wildman–Crippen LogP) is 6.27. The summed E-state index contributed by atoms with van der Waals surface area (Å²) >= 11 is 0. The number of amides is 15. The molecule has 0 spiro atoms. The summed E-state index contributed by atoms with van der Waals surface area (Å²) in [6.07, 6.45) is 4.57. The van der Waals surface area contributed by atoms with Gasteiger partial charge in [0.2, 0.25) is 89.1 Å². The standard InChI is InChI=1S/C105H148N18O17Si/c1-58(2)47-79(115-92(126)66(16)112-87(125)56-110-101(135)88(61(7)8)111-57-124)95(129)114-67(17)93(127)121-90(63(11)12)103(137)123-91(64(13)14)104(138)122-89(62(9)10)102(136)120-83(51-69-54-108-77-41-31-28-38-74(69)77)96(130)113-65(15)85-43-44-86(140-85)100(134)119-81(49-60(5)6)98(132)118-84(52-70-55-109-78-42-32-29-39-75(70)78)99(133)116-80(48-59(3)4)97(131)117-82(50-68-53-107-76-40-30-27-37-73(68)76)94(128)106-45-46-139-141(105(18,19)20,71-33-23-21-24-34-71)72-35-25-22-26-36-72/h21-42,53-55,57-67,79-86,88-91,107-109H,43-52,56H2,1-20H3,(H,106,128)(H,110,135)(H,111,124)(H,112,125)(H,113,130)(H,114,129)(H,115,126)(H,116,133)(H,117,131)(H,118,132)(H,119,134)(H,120,136)(H,121,127)(H,122,138)(H,123,137)/t65-,66+,67+,79-,80-,81-,82+,83+,84+,85-,86+,88+,89-,90-,91+/m1/s1. The number of carbonyl (C=O) groups is 15. The molecule has 1 aliphatic heterocycles. The Morgan fingerprint density at radius 3 is 1.14 bits per heavy atom. The van der Waals surface area contributed by atoms with Gasteiger partial charge in [-0.05, 0) is 145 Å². The number of aromatic amines is 3.